The summed E-state index contributed by atoms with van der Waals surface area (Å²) in [5.41, 5.74) is 1.94. The van der Waals surface area contributed by atoms with Crippen molar-refractivity contribution in [3.05, 3.63) is 54.1 Å². The van der Waals surface area contributed by atoms with Crippen LogP contribution in [0.25, 0.3) is 0 Å². The molecule has 0 aromatic heterocycles. The second-order valence-corrected chi connectivity index (χ2v) is 9.41. The molecule has 2 saturated heterocycles. The fraction of sp³-hybridized carbons (Fsp3) is 0.429. The molecule has 0 saturated carbocycles. The van der Waals surface area contributed by atoms with Gasteiger partial charge < -0.3 is 29.9 Å². The molecule has 1 atom stereocenters. The summed E-state index contributed by atoms with van der Waals surface area (Å²) in [5.74, 6) is -0.547. The van der Waals surface area contributed by atoms with Gasteiger partial charge in [-0.15, -0.1) is 0 Å². The predicted molar refractivity (Wildman–Crippen MR) is 146 cm³/mol. The fourth-order valence-electron chi connectivity index (χ4n) is 4.76. The van der Waals surface area contributed by atoms with Gasteiger partial charge in [0.2, 0.25) is 17.7 Å². The molecule has 39 heavy (non-hydrogen) atoms. The van der Waals surface area contributed by atoms with Gasteiger partial charge in [0.25, 0.3) is 0 Å². The lowest BCUT2D eigenvalue weighted by Gasteiger charge is -2.39. The minimum atomic E-state index is -0.886. The lowest BCUT2D eigenvalue weighted by molar-refractivity contribution is -0.145. The molecular weight excluding hydrogens is 502 g/mol. The normalized spacial score (nSPS) is 17.8. The molecule has 2 fully saturated rings. The zero-order valence-electron chi connectivity index (χ0n) is 22.4. The van der Waals surface area contributed by atoms with Crippen molar-refractivity contribution < 1.29 is 28.7 Å². The summed E-state index contributed by atoms with van der Waals surface area (Å²) < 4.78 is 10.3. The van der Waals surface area contributed by atoms with E-state index >= 15 is 0 Å². The number of rotatable bonds is 9. The van der Waals surface area contributed by atoms with E-state index in [1.165, 1.54) is 4.90 Å². The third kappa shape index (κ3) is 7.26. The van der Waals surface area contributed by atoms with Crippen LogP contribution in [0.4, 0.5) is 11.4 Å². The van der Waals surface area contributed by atoms with Crippen LogP contribution in [-0.2, 0) is 19.1 Å². The van der Waals surface area contributed by atoms with Gasteiger partial charge in [-0.2, -0.15) is 0 Å². The van der Waals surface area contributed by atoms with Crippen LogP contribution in [-0.4, -0.2) is 99.1 Å². The number of piperazine rings is 2. The van der Waals surface area contributed by atoms with E-state index in [1.807, 2.05) is 24.3 Å². The highest BCUT2D eigenvalue weighted by atomic mass is 16.5. The molecule has 4 rings (SSSR count). The largest absolute Gasteiger partial charge is 0.497 e. The van der Waals surface area contributed by atoms with Crippen LogP contribution in [0.5, 0.6) is 5.75 Å². The molecule has 2 aromatic rings. The highest BCUT2D eigenvalue weighted by Gasteiger charge is 2.35. The molecular formula is C28H35N5O6. The average Bonchev–Trinajstić information content (AvgIpc) is 2.95. The van der Waals surface area contributed by atoms with E-state index in [-0.39, 0.29) is 31.4 Å². The number of amides is 3. The highest BCUT2D eigenvalue weighted by molar-refractivity contribution is 5.98. The summed E-state index contributed by atoms with van der Waals surface area (Å²) in [6.07, 6.45) is -0.166. The summed E-state index contributed by atoms with van der Waals surface area (Å²) in [6.45, 7) is 5.82. The molecule has 2 heterocycles. The van der Waals surface area contributed by atoms with Crippen molar-refractivity contribution in [3.8, 4) is 5.75 Å². The third-order valence-electron chi connectivity index (χ3n) is 6.86. The molecule has 208 valence electrons. The summed E-state index contributed by atoms with van der Waals surface area (Å²) in [5, 5.41) is 5.50. The molecule has 0 spiro atoms. The number of nitrogens with one attached hydrogen (secondary N) is 2. The number of hydrogen-bond acceptors (Lipinski definition) is 8. The zero-order chi connectivity index (χ0) is 27.8. The molecule has 0 radical (unpaired) electrons. The van der Waals surface area contributed by atoms with E-state index in [0.29, 0.717) is 37.4 Å². The zero-order valence-corrected chi connectivity index (χ0v) is 22.4. The maximum atomic E-state index is 13.3. The van der Waals surface area contributed by atoms with Gasteiger partial charge in [-0.1, -0.05) is 6.07 Å². The van der Waals surface area contributed by atoms with Crippen molar-refractivity contribution >= 4 is 35.1 Å². The maximum Gasteiger partial charge on any atom is 0.338 e. The minimum Gasteiger partial charge on any atom is -0.497 e. The Bertz CT molecular complexity index is 1180. The molecule has 2 N–H and O–H groups in total. The van der Waals surface area contributed by atoms with Crippen molar-refractivity contribution in [1.29, 1.82) is 0 Å². The maximum absolute atomic E-state index is 13.3. The average molecular weight is 538 g/mol. The van der Waals surface area contributed by atoms with E-state index in [9.17, 15) is 19.2 Å². The molecule has 0 aliphatic carbocycles. The topological polar surface area (TPSA) is 121 Å². The second kappa shape index (κ2) is 13.1. The van der Waals surface area contributed by atoms with E-state index in [2.05, 4.69) is 20.4 Å². The number of hydrogen-bond donors (Lipinski definition) is 2. The number of ether oxygens (including phenoxy) is 2. The monoisotopic (exact) mass is 537 g/mol. The van der Waals surface area contributed by atoms with E-state index < -0.39 is 17.9 Å². The molecule has 0 unspecified atom stereocenters. The van der Waals surface area contributed by atoms with Crippen LogP contribution in [0.3, 0.4) is 0 Å². The van der Waals surface area contributed by atoms with Crippen LogP contribution in [0.2, 0.25) is 0 Å². The number of benzene rings is 2. The SMILES string of the molecule is CCOC(=O)c1ccc(NC(=O)C[C@H]2C(=O)NCCN2C(=O)CN2CCN(c3cccc(OC)c3)CC2)cc1. The smallest absolute Gasteiger partial charge is 0.338 e. The minimum absolute atomic E-state index is 0.166. The van der Waals surface area contributed by atoms with Crippen molar-refractivity contribution in [2.75, 3.05) is 69.7 Å². The molecule has 2 aliphatic rings. The van der Waals surface area contributed by atoms with Crippen LogP contribution in [0.1, 0.15) is 23.7 Å². The van der Waals surface area contributed by atoms with Gasteiger partial charge in [0.1, 0.15) is 11.8 Å². The first kappa shape index (κ1) is 27.9. The van der Waals surface area contributed by atoms with Crippen LogP contribution in [0, 0.1) is 0 Å². The molecule has 0 bridgehead atoms. The number of carbonyl (C=O) groups is 4. The standard InChI is InChI=1S/C28H35N5O6/c1-3-39-28(37)20-7-9-21(10-8-20)30-25(34)18-24-27(36)29-11-12-33(24)26(35)19-31-13-15-32(16-14-31)22-5-4-6-23(17-22)38-2/h4-10,17,24H,3,11-16,18-19H2,1-2H3,(H,29,36)(H,30,34)/t24-/m0/s1. The second-order valence-electron chi connectivity index (χ2n) is 9.41. The number of methoxy groups -OCH3 is 1. The molecule has 2 aromatic carbocycles. The fourth-order valence-corrected chi connectivity index (χ4v) is 4.76. The summed E-state index contributed by atoms with van der Waals surface area (Å²) >= 11 is 0. The molecule has 3 amide bonds. The Morgan fingerprint density at radius 3 is 2.46 bits per heavy atom. The summed E-state index contributed by atoms with van der Waals surface area (Å²) in [7, 11) is 1.64. The number of nitrogens with zero attached hydrogens (tertiary/aromatic N) is 3. The van der Waals surface area contributed by atoms with Crippen molar-refractivity contribution in [3.63, 3.8) is 0 Å². The first-order valence-corrected chi connectivity index (χ1v) is 13.1. The summed E-state index contributed by atoms with van der Waals surface area (Å²) in [4.78, 5) is 56.3. The van der Waals surface area contributed by atoms with Gasteiger partial charge in [0, 0.05) is 56.7 Å². The van der Waals surface area contributed by atoms with Gasteiger partial charge in [-0.05, 0) is 43.3 Å². The summed E-state index contributed by atoms with van der Waals surface area (Å²) in [6, 6.07) is 13.3. The van der Waals surface area contributed by atoms with Crippen LogP contribution in [0.15, 0.2) is 48.5 Å². The Labute approximate surface area is 228 Å². The predicted octanol–water partition coefficient (Wildman–Crippen LogP) is 1.35. The van der Waals surface area contributed by atoms with Gasteiger partial charge in [0.05, 0.1) is 32.2 Å². The Kier molecular flexibility index (Phi) is 9.37. The van der Waals surface area contributed by atoms with Crippen molar-refractivity contribution in [2.24, 2.45) is 0 Å². The number of anilines is 2. The molecule has 11 heteroatoms. The number of carbonyl (C=O) groups excluding carboxylic acids is 4. The van der Waals surface area contributed by atoms with Gasteiger partial charge >= 0.3 is 5.97 Å². The third-order valence-corrected chi connectivity index (χ3v) is 6.86. The van der Waals surface area contributed by atoms with E-state index in [4.69, 9.17) is 9.47 Å². The Morgan fingerprint density at radius 1 is 1.03 bits per heavy atom. The Hall–Kier alpha value is -4.12. The first-order chi connectivity index (χ1) is 18.9. The lowest BCUT2D eigenvalue weighted by Crippen LogP contribution is -2.60. The van der Waals surface area contributed by atoms with E-state index in [0.717, 1.165) is 24.5 Å². The first-order valence-electron chi connectivity index (χ1n) is 13.1. The van der Waals surface area contributed by atoms with Gasteiger partial charge in [0.15, 0.2) is 0 Å². The van der Waals surface area contributed by atoms with Crippen LogP contribution < -0.4 is 20.3 Å². The quantitative estimate of drug-likeness (QED) is 0.460. The van der Waals surface area contributed by atoms with Crippen LogP contribution >= 0.6 is 0 Å². The Morgan fingerprint density at radius 2 is 1.77 bits per heavy atom. The van der Waals surface area contributed by atoms with Crippen molar-refractivity contribution in [2.45, 2.75) is 19.4 Å². The lowest BCUT2D eigenvalue weighted by atomic mass is 10.1. The van der Waals surface area contributed by atoms with Gasteiger partial charge in [-0.25, -0.2) is 4.79 Å². The highest BCUT2D eigenvalue weighted by Crippen LogP contribution is 2.22. The van der Waals surface area contributed by atoms with Crippen molar-refractivity contribution in [1.82, 2.24) is 15.1 Å². The van der Waals surface area contributed by atoms with Gasteiger partial charge in [-0.3, -0.25) is 19.3 Å². The van der Waals surface area contributed by atoms with E-state index in [1.54, 1.807) is 38.3 Å². The molecule has 2 aliphatic heterocycles. The number of esters is 1. The Balaban J connectivity index is 1.30. The molecule has 11 nitrogen and oxygen atoms in total.